The lowest BCUT2D eigenvalue weighted by Gasteiger charge is -2.32. The van der Waals surface area contributed by atoms with Gasteiger partial charge in [-0.05, 0) is 68.2 Å². The minimum absolute atomic E-state index is 0.0699. The zero-order valence-electron chi connectivity index (χ0n) is 17.8. The van der Waals surface area contributed by atoms with Gasteiger partial charge in [0.1, 0.15) is 5.82 Å². The molecular formula is C24H29N5O2. The summed E-state index contributed by atoms with van der Waals surface area (Å²) in [6.07, 6.45) is 7.95. The first-order valence-corrected chi connectivity index (χ1v) is 11.8. The second-order valence-electron chi connectivity index (χ2n) is 9.66. The molecule has 7 nitrogen and oxygen atoms in total. The van der Waals surface area contributed by atoms with Crippen LogP contribution >= 0.6 is 0 Å². The smallest absolute Gasteiger partial charge is 0.228 e. The van der Waals surface area contributed by atoms with Crippen molar-refractivity contribution in [1.82, 2.24) is 20.1 Å². The molecule has 1 aromatic heterocycles. The number of anilines is 1. The molecule has 2 aliphatic heterocycles. The van der Waals surface area contributed by atoms with Crippen molar-refractivity contribution >= 4 is 17.5 Å². The lowest BCUT2D eigenvalue weighted by molar-refractivity contribution is -0.136. The van der Waals surface area contributed by atoms with Crippen molar-refractivity contribution in [3.63, 3.8) is 0 Å². The first-order chi connectivity index (χ1) is 15.2. The van der Waals surface area contributed by atoms with E-state index in [0.717, 1.165) is 56.1 Å². The van der Waals surface area contributed by atoms with E-state index in [-0.39, 0.29) is 17.7 Å². The van der Waals surface area contributed by atoms with Gasteiger partial charge in [-0.1, -0.05) is 6.07 Å². The molecule has 3 fully saturated rings. The van der Waals surface area contributed by atoms with E-state index in [0.29, 0.717) is 24.8 Å². The summed E-state index contributed by atoms with van der Waals surface area (Å²) in [5, 5.41) is 7.51. The Morgan fingerprint density at radius 1 is 1.03 bits per heavy atom. The maximum atomic E-state index is 13.2. The Morgan fingerprint density at radius 3 is 2.65 bits per heavy atom. The average molecular weight is 420 g/mol. The van der Waals surface area contributed by atoms with Gasteiger partial charge >= 0.3 is 0 Å². The molecule has 1 atom stereocenters. The Bertz CT molecular complexity index is 1020. The number of piperidine rings is 1. The SMILES string of the molecule is O=C(C1CC(=O)N(c2ccc3c(c2)CCC3)C1)N1CCC(c2nc(C3CC3)n[nH]2)CC1. The van der Waals surface area contributed by atoms with Crippen LogP contribution in [0.5, 0.6) is 0 Å². The van der Waals surface area contributed by atoms with Gasteiger partial charge in [0, 0.05) is 43.6 Å². The van der Waals surface area contributed by atoms with Crippen LogP contribution in [0, 0.1) is 5.92 Å². The highest BCUT2D eigenvalue weighted by Crippen LogP contribution is 2.39. The third-order valence-corrected chi connectivity index (χ3v) is 7.52. The van der Waals surface area contributed by atoms with E-state index in [1.165, 1.54) is 30.4 Å². The van der Waals surface area contributed by atoms with Gasteiger partial charge in [-0.2, -0.15) is 5.10 Å². The predicted octanol–water partition coefficient (Wildman–Crippen LogP) is 2.93. The molecule has 1 aromatic carbocycles. The van der Waals surface area contributed by atoms with E-state index in [9.17, 15) is 9.59 Å². The molecule has 1 saturated carbocycles. The summed E-state index contributed by atoms with van der Waals surface area (Å²) in [4.78, 5) is 34.4. The van der Waals surface area contributed by atoms with E-state index in [1.807, 2.05) is 15.9 Å². The molecule has 4 aliphatic rings. The Hall–Kier alpha value is -2.70. The van der Waals surface area contributed by atoms with Gasteiger partial charge in [-0.3, -0.25) is 14.7 Å². The molecular weight excluding hydrogens is 390 g/mol. The lowest BCUT2D eigenvalue weighted by atomic mass is 9.95. The molecule has 2 aromatic rings. The number of hydrogen-bond donors (Lipinski definition) is 1. The zero-order chi connectivity index (χ0) is 20.9. The number of H-pyrrole nitrogens is 1. The fraction of sp³-hybridized carbons (Fsp3) is 0.583. The van der Waals surface area contributed by atoms with Gasteiger partial charge in [0.15, 0.2) is 5.82 Å². The lowest BCUT2D eigenvalue weighted by Crippen LogP contribution is -2.42. The van der Waals surface area contributed by atoms with Crippen LogP contribution in [0.3, 0.4) is 0 Å². The number of nitrogens with zero attached hydrogens (tertiary/aromatic N) is 4. The highest BCUT2D eigenvalue weighted by atomic mass is 16.2. The monoisotopic (exact) mass is 419 g/mol. The minimum Gasteiger partial charge on any atom is -0.342 e. The molecule has 1 N–H and O–H groups in total. The summed E-state index contributed by atoms with van der Waals surface area (Å²) in [7, 11) is 0. The number of carbonyl (C=O) groups is 2. The number of rotatable bonds is 4. The molecule has 31 heavy (non-hydrogen) atoms. The summed E-state index contributed by atoms with van der Waals surface area (Å²) in [5.74, 6) is 2.81. The number of amides is 2. The maximum absolute atomic E-state index is 13.2. The average Bonchev–Trinajstić information content (AvgIpc) is 3.18. The largest absolute Gasteiger partial charge is 0.342 e. The predicted molar refractivity (Wildman–Crippen MR) is 116 cm³/mol. The fourth-order valence-electron chi connectivity index (χ4n) is 5.47. The number of hydrogen-bond acceptors (Lipinski definition) is 4. The quantitative estimate of drug-likeness (QED) is 0.826. The van der Waals surface area contributed by atoms with Gasteiger partial charge in [0.2, 0.25) is 11.8 Å². The molecule has 162 valence electrons. The minimum atomic E-state index is -0.232. The molecule has 3 heterocycles. The number of carbonyl (C=O) groups excluding carboxylic acids is 2. The number of nitrogens with one attached hydrogen (secondary N) is 1. The van der Waals surface area contributed by atoms with E-state index >= 15 is 0 Å². The van der Waals surface area contributed by atoms with Crippen LogP contribution in [-0.2, 0) is 22.4 Å². The van der Waals surface area contributed by atoms with E-state index < -0.39 is 0 Å². The van der Waals surface area contributed by atoms with Gasteiger partial charge in [-0.25, -0.2) is 4.98 Å². The van der Waals surface area contributed by atoms with Crippen LogP contribution < -0.4 is 4.90 Å². The fourth-order valence-corrected chi connectivity index (χ4v) is 5.47. The Balaban J connectivity index is 1.07. The van der Waals surface area contributed by atoms with Gasteiger partial charge in [-0.15, -0.1) is 0 Å². The molecule has 2 aliphatic carbocycles. The number of aromatic amines is 1. The van der Waals surface area contributed by atoms with E-state index in [1.54, 1.807) is 0 Å². The molecule has 0 bridgehead atoms. The topological polar surface area (TPSA) is 82.2 Å². The molecule has 2 saturated heterocycles. The summed E-state index contributed by atoms with van der Waals surface area (Å²) in [6.45, 7) is 1.96. The molecule has 2 amide bonds. The van der Waals surface area contributed by atoms with Gasteiger partial charge < -0.3 is 9.80 Å². The molecule has 0 spiro atoms. The number of aryl methyl sites for hydroxylation is 2. The van der Waals surface area contributed by atoms with Crippen LogP contribution in [0.2, 0.25) is 0 Å². The van der Waals surface area contributed by atoms with Crippen LogP contribution in [-0.4, -0.2) is 51.5 Å². The molecule has 1 unspecified atom stereocenters. The number of fused-ring (bicyclic) bond motifs is 1. The zero-order valence-corrected chi connectivity index (χ0v) is 17.8. The molecule has 6 rings (SSSR count). The van der Waals surface area contributed by atoms with Crippen molar-refractivity contribution in [3.8, 4) is 0 Å². The number of benzene rings is 1. The Morgan fingerprint density at radius 2 is 1.84 bits per heavy atom. The van der Waals surface area contributed by atoms with E-state index in [4.69, 9.17) is 4.98 Å². The van der Waals surface area contributed by atoms with Crippen molar-refractivity contribution in [1.29, 1.82) is 0 Å². The van der Waals surface area contributed by atoms with Crippen LogP contribution in [0.25, 0.3) is 0 Å². The van der Waals surface area contributed by atoms with Crippen LogP contribution in [0.1, 0.15) is 73.1 Å². The van der Waals surface area contributed by atoms with Crippen molar-refractivity contribution in [2.75, 3.05) is 24.5 Å². The van der Waals surface area contributed by atoms with Crippen molar-refractivity contribution in [3.05, 3.63) is 41.0 Å². The normalized spacial score (nSPS) is 24.1. The van der Waals surface area contributed by atoms with Gasteiger partial charge in [0.25, 0.3) is 0 Å². The molecule has 7 heteroatoms. The van der Waals surface area contributed by atoms with Gasteiger partial charge in [0.05, 0.1) is 5.92 Å². The first-order valence-electron chi connectivity index (χ1n) is 11.8. The third kappa shape index (κ3) is 3.54. The second-order valence-corrected chi connectivity index (χ2v) is 9.66. The van der Waals surface area contributed by atoms with Crippen molar-refractivity contribution in [2.45, 2.75) is 63.2 Å². The van der Waals surface area contributed by atoms with Crippen LogP contribution in [0.4, 0.5) is 5.69 Å². The third-order valence-electron chi connectivity index (χ3n) is 7.52. The number of aromatic nitrogens is 3. The highest BCUT2D eigenvalue weighted by Gasteiger charge is 2.39. The maximum Gasteiger partial charge on any atom is 0.228 e. The van der Waals surface area contributed by atoms with Crippen molar-refractivity contribution < 1.29 is 9.59 Å². The van der Waals surface area contributed by atoms with Crippen LogP contribution in [0.15, 0.2) is 18.2 Å². The van der Waals surface area contributed by atoms with E-state index in [2.05, 4.69) is 22.3 Å². The second kappa shape index (κ2) is 7.46. The standard InChI is InChI=1S/C24H29N5O2/c30-21-13-19(14-29(21)20-7-6-15-2-1-3-18(15)12-20)24(31)28-10-8-17(9-11-28)23-25-22(26-27-23)16-4-5-16/h6-7,12,16-17,19H,1-5,8-11,13-14H2,(H,25,26,27). The Kier molecular flexibility index (Phi) is 4.58. The highest BCUT2D eigenvalue weighted by molar-refractivity contribution is 6.00. The first kappa shape index (κ1) is 19.0. The summed E-state index contributed by atoms with van der Waals surface area (Å²) in [6, 6.07) is 6.36. The Labute approximate surface area is 182 Å². The van der Waals surface area contributed by atoms with Crippen molar-refractivity contribution in [2.24, 2.45) is 5.92 Å². The summed E-state index contributed by atoms with van der Waals surface area (Å²) >= 11 is 0. The summed E-state index contributed by atoms with van der Waals surface area (Å²) in [5.41, 5.74) is 3.72. The molecule has 0 radical (unpaired) electrons. The number of likely N-dealkylation sites (tertiary alicyclic amines) is 1. The summed E-state index contributed by atoms with van der Waals surface area (Å²) < 4.78 is 0.